The maximum absolute atomic E-state index is 13.8. The second-order valence-corrected chi connectivity index (χ2v) is 10.9. The minimum Gasteiger partial charge on any atom is -0.454 e. The number of rotatable bonds is 12. The molecule has 10 heteroatoms. The van der Waals surface area contributed by atoms with Gasteiger partial charge in [-0.1, -0.05) is 43.7 Å². The van der Waals surface area contributed by atoms with Gasteiger partial charge in [-0.2, -0.15) is 0 Å². The number of fused-ring (bicyclic) bond motifs is 1. The van der Waals surface area contributed by atoms with Crippen LogP contribution >= 0.6 is 0 Å². The minimum atomic E-state index is -3.82. The van der Waals surface area contributed by atoms with Gasteiger partial charge in [-0.15, -0.1) is 0 Å². The molecule has 9 nitrogen and oxygen atoms in total. The Kier molecular flexibility index (Phi) is 9.19. The molecular weight excluding hydrogens is 482 g/mol. The lowest BCUT2D eigenvalue weighted by molar-refractivity contribution is -0.140. The molecule has 0 aliphatic carbocycles. The summed E-state index contributed by atoms with van der Waals surface area (Å²) in [5.41, 5.74) is 2.19. The van der Waals surface area contributed by atoms with Crippen LogP contribution in [0, 0.1) is 6.92 Å². The summed E-state index contributed by atoms with van der Waals surface area (Å²) in [7, 11) is -3.82. The molecule has 1 N–H and O–H groups in total. The predicted octanol–water partition coefficient (Wildman–Crippen LogP) is 3.21. The summed E-state index contributed by atoms with van der Waals surface area (Å²) in [5, 5.41) is 2.88. The molecule has 36 heavy (non-hydrogen) atoms. The lowest BCUT2D eigenvalue weighted by atomic mass is 10.1. The number of nitrogens with one attached hydrogen (secondary N) is 1. The van der Waals surface area contributed by atoms with Crippen molar-refractivity contribution in [3.05, 3.63) is 53.6 Å². The fourth-order valence-corrected chi connectivity index (χ4v) is 5.11. The summed E-state index contributed by atoms with van der Waals surface area (Å²) >= 11 is 0. The number of anilines is 1. The Balaban J connectivity index is 1.96. The predicted molar refractivity (Wildman–Crippen MR) is 138 cm³/mol. The highest BCUT2D eigenvalue weighted by atomic mass is 32.2. The number of sulfonamides is 1. The summed E-state index contributed by atoms with van der Waals surface area (Å²) in [6.07, 6.45) is 1.15. The van der Waals surface area contributed by atoms with E-state index in [2.05, 4.69) is 5.32 Å². The van der Waals surface area contributed by atoms with Crippen molar-refractivity contribution in [3.8, 4) is 11.5 Å². The van der Waals surface area contributed by atoms with Crippen LogP contribution in [0.1, 0.15) is 44.7 Å². The molecule has 0 unspecified atom stereocenters. The van der Waals surface area contributed by atoms with Crippen molar-refractivity contribution < 1.29 is 27.5 Å². The first-order valence-corrected chi connectivity index (χ1v) is 13.8. The van der Waals surface area contributed by atoms with Crippen LogP contribution in [0.15, 0.2) is 42.5 Å². The summed E-state index contributed by atoms with van der Waals surface area (Å²) in [6, 6.07) is 11.7. The third kappa shape index (κ3) is 6.48. The van der Waals surface area contributed by atoms with E-state index >= 15 is 0 Å². The van der Waals surface area contributed by atoms with Crippen LogP contribution < -0.4 is 19.1 Å². The average molecular weight is 518 g/mol. The van der Waals surface area contributed by atoms with Gasteiger partial charge in [0.25, 0.3) is 0 Å². The molecule has 1 aliphatic heterocycles. The molecule has 0 fully saturated rings. The molecule has 1 atom stereocenters. The molecule has 2 amide bonds. The van der Waals surface area contributed by atoms with E-state index in [1.54, 1.807) is 18.2 Å². The molecular formula is C26H35N3O6S. The molecule has 0 spiro atoms. The molecule has 2 aromatic rings. The number of benzene rings is 2. The van der Waals surface area contributed by atoms with Gasteiger partial charge in [0, 0.05) is 19.2 Å². The fraction of sp³-hybridized carbons (Fsp3) is 0.462. The van der Waals surface area contributed by atoms with E-state index < -0.39 is 28.5 Å². The lowest BCUT2D eigenvalue weighted by Crippen LogP contribution is -2.52. The molecule has 1 heterocycles. The fourth-order valence-electron chi connectivity index (χ4n) is 4.05. The Bertz CT molecular complexity index is 1180. The molecule has 2 aromatic carbocycles. The monoisotopic (exact) mass is 517 g/mol. The SMILES string of the molecule is CCCNC(=O)[C@H](CC)N(Cc1cccc(C)c1)C(=O)CN(c1ccc2c(c1)OCO2)S(=O)(=O)CC. The number of hydrogen-bond acceptors (Lipinski definition) is 6. The zero-order valence-electron chi connectivity index (χ0n) is 21.3. The van der Waals surface area contributed by atoms with Crippen molar-refractivity contribution >= 4 is 27.5 Å². The topological polar surface area (TPSA) is 105 Å². The molecule has 0 saturated heterocycles. The Morgan fingerprint density at radius 1 is 1.06 bits per heavy atom. The maximum Gasteiger partial charge on any atom is 0.244 e. The quantitative estimate of drug-likeness (QED) is 0.464. The van der Waals surface area contributed by atoms with Gasteiger partial charge in [0.2, 0.25) is 28.6 Å². The molecule has 3 rings (SSSR count). The number of aryl methyl sites for hydroxylation is 1. The zero-order valence-corrected chi connectivity index (χ0v) is 22.1. The Labute approximate surface area is 213 Å². The summed E-state index contributed by atoms with van der Waals surface area (Å²) in [5.74, 6) is 0.00997. The van der Waals surface area contributed by atoms with E-state index in [9.17, 15) is 18.0 Å². The second kappa shape index (κ2) is 12.1. The molecule has 0 saturated carbocycles. The number of ether oxygens (including phenoxy) is 2. The van der Waals surface area contributed by atoms with Crippen LogP contribution in [0.25, 0.3) is 0 Å². The number of carbonyl (C=O) groups is 2. The first-order chi connectivity index (χ1) is 17.2. The second-order valence-electron chi connectivity index (χ2n) is 8.67. The normalized spacial score (nSPS) is 13.2. The van der Waals surface area contributed by atoms with Crippen molar-refractivity contribution in [2.45, 2.75) is 53.1 Å². The van der Waals surface area contributed by atoms with Crippen molar-refractivity contribution in [1.29, 1.82) is 0 Å². The van der Waals surface area contributed by atoms with Crippen LogP contribution in [-0.2, 0) is 26.2 Å². The summed E-state index contributed by atoms with van der Waals surface area (Å²) in [6.45, 7) is 7.55. The first-order valence-electron chi connectivity index (χ1n) is 12.2. The Hall–Kier alpha value is -3.27. The summed E-state index contributed by atoms with van der Waals surface area (Å²) < 4.78 is 38.0. The van der Waals surface area contributed by atoms with E-state index in [1.165, 1.54) is 11.8 Å². The van der Waals surface area contributed by atoms with E-state index in [4.69, 9.17) is 9.47 Å². The third-order valence-electron chi connectivity index (χ3n) is 5.99. The van der Waals surface area contributed by atoms with Gasteiger partial charge in [0.1, 0.15) is 12.6 Å². The Morgan fingerprint density at radius 3 is 2.47 bits per heavy atom. The van der Waals surface area contributed by atoms with Crippen LogP contribution in [0.4, 0.5) is 5.69 Å². The maximum atomic E-state index is 13.8. The number of amides is 2. The highest BCUT2D eigenvalue weighted by molar-refractivity contribution is 7.92. The zero-order chi connectivity index (χ0) is 26.3. The van der Waals surface area contributed by atoms with Gasteiger partial charge in [0.15, 0.2) is 11.5 Å². The van der Waals surface area contributed by atoms with Crippen molar-refractivity contribution in [1.82, 2.24) is 10.2 Å². The van der Waals surface area contributed by atoms with E-state index in [-0.39, 0.29) is 25.0 Å². The summed E-state index contributed by atoms with van der Waals surface area (Å²) in [4.78, 5) is 28.3. The van der Waals surface area contributed by atoms with Gasteiger partial charge in [-0.25, -0.2) is 8.42 Å². The number of hydrogen-bond donors (Lipinski definition) is 1. The molecule has 0 bridgehead atoms. The Morgan fingerprint density at radius 2 is 1.81 bits per heavy atom. The molecule has 0 aromatic heterocycles. The van der Waals surface area contributed by atoms with Gasteiger partial charge >= 0.3 is 0 Å². The first kappa shape index (κ1) is 27.3. The van der Waals surface area contributed by atoms with Crippen LogP contribution in [0.2, 0.25) is 0 Å². The highest BCUT2D eigenvalue weighted by Gasteiger charge is 2.33. The van der Waals surface area contributed by atoms with Crippen molar-refractivity contribution in [2.75, 3.05) is 29.9 Å². The van der Waals surface area contributed by atoms with E-state index in [1.807, 2.05) is 45.0 Å². The van der Waals surface area contributed by atoms with E-state index in [0.717, 1.165) is 21.9 Å². The van der Waals surface area contributed by atoms with Crippen LogP contribution in [0.5, 0.6) is 11.5 Å². The van der Waals surface area contributed by atoms with E-state index in [0.29, 0.717) is 30.2 Å². The lowest BCUT2D eigenvalue weighted by Gasteiger charge is -2.33. The third-order valence-corrected chi connectivity index (χ3v) is 7.74. The van der Waals surface area contributed by atoms with Crippen LogP contribution in [0.3, 0.4) is 0 Å². The minimum absolute atomic E-state index is 0.0492. The van der Waals surface area contributed by atoms with Crippen molar-refractivity contribution in [2.24, 2.45) is 0 Å². The number of nitrogens with zero attached hydrogens (tertiary/aromatic N) is 2. The van der Waals surface area contributed by atoms with Crippen LogP contribution in [-0.4, -0.2) is 56.8 Å². The van der Waals surface area contributed by atoms with Crippen molar-refractivity contribution in [3.63, 3.8) is 0 Å². The molecule has 1 aliphatic rings. The van der Waals surface area contributed by atoms with Gasteiger partial charge in [-0.3, -0.25) is 13.9 Å². The van der Waals surface area contributed by atoms with Gasteiger partial charge in [0.05, 0.1) is 11.4 Å². The average Bonchev–Trinajstić information content (AvgIpc) is 3.33. The smallest absolute Gasteiger partial charge is 0.244 e. The van der Waals surface area contributed by atoms with Gasteiger partial charge < -0.3 is 19.7 Å². The largest absolute Gasteiger partial charge is 0.454 e. The number of carbonyl (C=O) groups excluding carboxylic acids is 2. The standard InChI is InChI=1S/C26H35N3O6S/c1-5-13-27-26(31)22(6-2)28(16-20-10-8-9-19(4)14-20)25(30)17-29(36(32,33)7-3)21-11-12-23-24(15-21)35-18-34-23/h8-12,14-15,22H,5-7,13,16-18H2,1-4H3,(H,27,31)/t22-/m0/s1. The molecule has 0 radical (unpaired) electrons. The van der Waals surface area contributed by atoms with Gasteiger partial charge in [-0.05, 0) is 44.4 Å². The highest BCUT2D eigenvalue weighted by Crippen LogP contribution is 2.36. The molecule has 196 valence electrons.